The van der Waals surface area contributed by atoms with Gasteiger partial charge in [0.15, 0.2) is 12.1 Å². The second-order valence-electron chi connectivity index (χ2n) is 3.39. The fraction of sp³-hybridized carbons (Fsp3) is 0.300. The van der Waals surface area contributed by atoms with Crippen molar-refractivity contribution in [3.63, 3.8) is 0 Å². The predicted molar refractivity (Wildman–Crippen MR) is 66.6 cm³/mol. The van der Waals surface area contributed by atoms with E-state index >= 15 is 0 Å². The molecule has 0 saturated carbocycles. The van der Waals surface area contributed by atoms with Gasteiger partial charge in [-0.05, 0) is 12.1 Å². The average Bonchev–Trinajstić information content (AvgIpc) is 2.30. The van der Waals surface area contributed by atoms with Crippen molar-refractivity contribution in [1.82, 2.24) is 4.31 Å². The Morgan fingerprint density at radius 2 is 2.18 bits per heavy atom. The number of benzene rings is 1. The minimum absolute atomic E-state index is 0.116. The van der Waals surface area contributed by atoms with Crippen LogP contribution >= 0.6 is 11.0 Å². The number of nitrogens with one attached hydrogen (secondary N) is 1. The fourth-order valence-electron chi connectivity index (χ4n) is 1.13. The van der Waals surface area contributed by atoms with Crippen LogP contribution in [0, 0.1) is 5.82 Å². The third-order valence-corrected chi connectivity index (χ3v) is 3.90. The van der Waals surface area contributed by atoms with Gasteiger partial charge < -0.3 is 0 Å². The summed E-state index contributed by atoms with van der Waals surface area (Å²) < 4.78 is 36.6. The lowest BCUT2D eigenvalue weighted by Crippen LogP contribution is -2.28. The Balaban J connectivity index is 2.99. The van der Waals surface area contributed by atoms with Crippen LogP contribution in [0.2, 0.25) is 0 Å². The standard InChI is InChI=1S/C10H15FN2O3S/c1-3-13(2)17(15,16)12-9-6-4-5-8(7-14)10(9)11/h4-7,12,15-16H,3H2,1-2H3. The number of rotatable bonds is 5. The Morgan fingerprint density at radius 3 is 2.71 bits per heavy atom. The molecule has 1 rings (SSSR count). The highest BCUT2D eigenvalue weighted by atomic mass is 32.3. The molecule has 0 atom stereocenters. The van der Waals surface area contributed by atoms with Gasteiger partial charge in [-0.3, -0.25) is 18.6 Å². The first-order chi connectivity index (χ1) is 7.92. The van der Waals surface area contributed by atoms with Gasteiger partial charge in [-0.2, -0.15) is 4.31 Å². The van der Waals surface area contributed by atoms with Crippen molar-refractivity contribution in [2.45, 2.75) is 6.92 Å². The molecule has 0 amide bonds. The average molecular weight is 262 g/mol. The molecule has 0 saturated heterocycles. The molecule has 1 aromatic carbocycles. The fourth-order valence-corrected chi connectivity index (χ4v) is 2.09. The van der Waals surface area contributed by atoms with Crippen LogP contribution in [-0.4, -0.2) is 33.3 Å². The molecule has 0 aliphatic rings. The summed E-state index contributed by atoms with van der Waals surface area (Å²) in [6.07, 6.45) is 0.371. The van der Waals surface area contributed by atoms with Gasteiger partial charge in [0.2, 0.25) is 0 Å². The zero-order chi connectivity index (χ0) is 13.1. The summed E-state index contributed by atoms with van der Waals surface area (Å²) in [4.78, 5) is 10.5. The highest BCUT2D eigenvalue weighted by molar-refractivity contribution is 8.23. The van der Waals surface area contributed by atoms with E-state index < -0.39 is 16.8 Å². The minimum atomic E-state index is -3.28. The van der Waals surface area contributed by atoms with Gasteiger partial charge in [0.05, 0.1) is 11.3 Å². The van der Waals surface area contributed by atoms with Gasteiger partial charge in [-0.15, -0.1) is 0 Å². The molecular weight excluding hydrogens is 247 g/mol. The predicted octanol–water partition coefficient (Wildman–Crippen LogP) is 2.58. The Bertz CT molecular complexity index is 415. The van der Waals surface area contributed by atoms with Crippen molar-refractivity contribution in [3.05, 3.63) is 29.6 Å². The molecule has 0 fully saturated rings. The smallest absolute Gasteiger partial charge is 0.158 e. The van der Waals surface area contributed by atoms with Crippen LogP contribution in [0.3, 0.4) is 0 Å². The molecule has 0 spiro atoms. The van der Waals surface area contributed by atoms with Gasteiger partial charge in [-0.25, -0.2) is 4.39 Å². The zero-order valence-electron chi connectivity index (χ0n) is 9.55. The van der Waals surface area contributed by atoms with Crippen molar-refractivity contribution >= 4 is 22.9 Å². The van der Waals surface area contributed by atoms with Crippen LogP contribution in [-0.2, 0) is 0 Å². The first kappa shape index (κ1) is 13.9. The van der Waals surface area contributed by atoms with Gasteiger partial charge >= 0.3 is 0 Å². The molecule has 0 radical (unpaired) electrons. The molecule has 0 heterocycles. The number of hydrogen-bond donors (Lipinski definition) is 3. The maximum absolute atomic E-state index is 13.6. The summed E-state index contributed by atoms with van der Waals surface area (Å²) >= 11 is 0. The highest BCUT2D eigenvalue weighted by Crippen LogP contribution is 2.42. The molecule has 0 aliphatic carbocycles. The lowest BCUT2D eigenvalue weighted by atomic mass is 10.2. The van der Waals surface area contributed by atoms with Crippen molar-refractivity contribution in [3.8, 4) is 0 Å². The van der Waals surface area contributed by atoms with E-state index in [1.165, 1.54) is 29.6 Å². The lowest BCUT2D eigenvalue weighted by Gasteiger charge is -2.40. The maximum Gasteiger partial charge on any atom is 0.158 e. The normalized spacial score (nSPS) is 12.6. The van der Waals surface area contributed by atoms with Crippen LogP contribution in [0.5, 0.6) is 0 Å². The van der Waals surface area contributed by atoms with Crippen molar-refractivity contribution in [1.29, 1.82) is 0 Å². The summed E-state index contributed by atoms with van der Waals surface area (Å²) in [5.74, 6) is -0.799. The summed E-state index contributed by atoms with van der Waals surface area (Å²) in [6, 6.07) is 4.10. The number of nitrogens with zero attached hydrogens (tertiary/aromatic N) is 1. The number of anilines is 1. The third-order valence-electron chi connectivity index (χ3n) is 2.28. The molecule has 3 N–H and O–H groups in total. The first-order valence-corrected chi connectivity index (χ1v) is 6.43. The van der Waals surface area contributed by atoms with E-state index in [4.69, 9.17) is 0 Å². The summed E-state index contributed by atoms with van der Waals surface area (Å²) in [5, 5.41) is 0. The molecule has 96 valence electrons. The van der Waals surface area contributed by atoms with E-state index in [1.54, 1.807) is 6.92 Å². The quantitative estimate of drug-likeness (QED) is 0.711. The maximum atomic E-state index is 13.6. The van der Waals surface area contributed by atoms with Crippen LogP contribution in [0.1, 0.15) is 17.3 Å². The van der Waals surface area contributed by atoms with E-state index in [-0.39, 0.29) is 11.3 Å². The largest absolute Gasteiger partial charge is 0.298 e. The minimum Gasteiger partial charge on any atom is -0.298 e. The third kappa shape index (κ3) is 3.16. The SMILES string of the molecule is CCN(C)S(O)(O)Nc1cccc(C=O)c1F. The highest BCUT2D eigenvalue weighted by Gasteiger charge is 2.19. The molecule has 0 unspecified atom stereocenters. The van der Waals surface area contributed by atoms with Crippen LogP contribution in [0.25, 0.3) is 0 Å². The number of halogens is 1. The number of aldehydes is 1. The van der Waals surface area contributed by atoms with E-state index in [1.807, 2.05) is 0 Å². The number of carbonyl (C=O) groups excluding carboxylic acids is 1. The number of hydrogen-bond acceptors (Lipinski definition) is 5. The Morgan fingerprint density at radius 1 is 1.53 bits per heavy atom. The van der Waals surface area contributed by atoms with E-state index in [0.29, 0.717) is 12.8 Å². The van der Waals surface area contributed by atoms with Crippen LogP contribution < -0.4 is 4.72 Å². The van der Waals surface area contributed by atoms with Gasteiger partial charge in [0, 0.05) is 13.6 Å². The Hall–Kier alpha value is -1.15. The second-order valence-corrected chi connectivity index (χ2v) is 5.26. The molecule has 17 heavy (non-hydrogen) atoms. The molecule has 1 aromatic rings. The first-order valence-electron chi connectivity index (χ1n) is 4.93. The topological polar surface area (TPSA) is 72.8 Å². The summed E-state index contributed by atoms with van der Waals surface area (Å²) in [5.41, 5.74) is -0.251. The van der Waals surface area contributed by atoms with Crippen molar-refractivity contribution < 1.29 is 18.3 Å². The molecule has 5 nitrogen and oxygen atoms in total. The Kier molecular flexibility index (Phi) is 4.47. The monoisotopic (exact) mass is 262 g/mol. The molecule has 0 aromatic heterocycles. The van der Waals surface area contributed by atoms with Crippen LogP contribution in [0.4, 0.5) is 10.1 Å². The number of carbonyl (C=O) groups is 1. The van der Waals surface area contributed by atoms with Gasteiger partial charge in [-0.1, -0.05) is 24.0 Å². The van der Waals surface area contributed by atoms with Crippen LogP contribution in [0.15, 0.2) is 18.2 Å². The van der Waals surface area contributed by atoms with E-state index in [0.717, 1.165) is 0 Å². The lowest BCUT2D eigenvalue weighted by molar-refractivity contribution is 0.112. The molecule has 7 heteroatoms. The van der Waals surface area contributed by atoms with Gasteiger partial charge in [0.25, 0.3) is 0 Å². The van der Waals surface area contributed by atoms with E-state index in [9.17, 15) is 18.3 Å². The van der Waals surface area contributed by atoms with Crippen molar-refractivity contribution in [2.24, 2.45) is 0 Å². The molecule has 0 aliphatic heterocycles. The summed E-state index contributed by atoms with van der Waals surface area (Å²) in [7, 11) is -1.79. The molecular formula is C10H15FN2O3S. The zero-order valence-corrected chi connectivity index (χ0v) is 10.4. The van der Waals surface area contributed by atoms with E-state index in [2.05, 4.69) is 4.72 Å². The second kappa shape index (κ2) is 5.46. The van der Waals surface area contributed by atoms with Crippen molar-refractivity contribution in [2.75, 3.05) is 18.3 Å². The van der Waals surface area contributed by atoms with Gasteiger partial charge in [0.1, 0.15) is 0 Å². The molecule has 0 bridgehead atoms. The Labute approximate surface area is 101 Å². The summed E-state index contributed by atoms with van der Waals surface area (Å²) in [6.45, 7) is 2.11.